The van der Waals surface area contributed by atoms with Crippen molar-refractivity contribution in [3.05, 3.63) is 16.3 Å². The number of hydrogen-bond donors (Lipinski definition) is 1. The van der Waals surface area contributed by atoms with E-state index in [1.807, 2.05) is 18.4 Å². The van der Waals surface area contributed by atoms with Crippen LogP contribution in [0.4, 0.5) is 0 Å². The Bertz CT molecular complexity index is 355. The Kier molecular flexibility index (Phi) is 5.65. The highest BCUT2D eigenvalue weighted by atomic mass is 32.1. The molecule has 0 atom stereocenters. The lowest BCUT2D eigenvalue weighted by Crippen LogP contribution is -2.35. The molecule has 0 saturated carbocycles. The van der Waals surface area contributed by atoms with Crippen LogP contribution in [-0.4, -0.2) is 50.0 Å². The molecule has 0 aliphatic carbocycles. The van der Waals surface area contributed by atoms with E-state index in [9.17, 15) is 5.02 Å². The van der Waals surface area contributed by atoms with Gasteiger partial charge in [0.1, 0.15) is 0 Å². The molecule has 2 rings (SSSR count). The first-order valence-corrected chi connectivity index (χ1v) is 7.34. The molecule has 0 bridgehead atoms. The van der Waals surface area contributed by atoms with Gasteiger partial charge in [-0.3, -0.25) is 4.90 Å². The average Bonchev–Trinajstić information content (AvgIpc) is 2.86. The van der Waals surface area contributed by atoms with E-state index in [1.54, 1.807) is 11.3 Å². The number of hydrogen-bond acceptors (Lipinski definition) is 5. The maximum absolute atomic E-state index is 9.82. The molecule has 0 radical (unpaired) electrons. The minimum atomic E-state index is -0.778. The van der Waals surface area contributed by atoms with E-state index in [-0.39, 0.29) is 0 Å². The molecule has 1 aromatic heterocycles. The van der Waals surface area contributed by atoms with Crippen molar-refractivity contribution in [1.82, 2.24) is 4.90 Å². The molecule has 1 aliphatic rings. The number of rotatable bonds is 6. The predicted molar refractivity (Wildman–Crippen MR) is 74.3 cm³/mol. The SMILES string of the molecule is CCCOB(O)c1csc(CN2CCOCC2)c1. The smallest absolute Gasteiger partial charge is 0.423 e. The van der Waals surface area contributed by atoms with Gasteiger partial charge in [-0.2, -0.15) is 0 Å². The minimum absolute atomic E-state index is 0.593. The van der Waals surface area contributed by atoms with Gasteiger partial charge in [-0.05, 0) is 23.3 Å². The molecule has 1 fully saturated rings. The lowest BCUT2D eigenvalue weighted by Gasteiger charge is -2.25. The zero-order valence-corrected chi connectivity index (χ0v) is 11.6. The van der Waals surface area contributed by atoms with Gasteiger partial charge in [0.2, 0.25) is 0 Å². The topological polar surface area (TPSA) is 41.9 Å². The van der Waals surface area contributed by atoms with Gasteiger partial charge < -0.3 is 14.4 Å². The molecule has 100 valence electrons. The van der Waals surface area contributed by atoms with Gasteiger partial charge in [0.05, 0.1) is 13.2 Å². The maximum Gasteiger partial charge on any atom is 0.492 e. The number of thiophene rings is 1. The normalized spacial score (nSPS) is 17.0. The van der Waals surface area contributed by atoms with Gasteiger partial charge in [-0.25, -0.2) is 0 Å². The molecule has 0 unspecified atom stereocenters. The van der Waals surface area contributed by atoms with Crippen LogP contribution in [0.25, 0.3) is 0 Å². The van der Waals surface area contributed by atoms with Gasteiger partial charge in [-0.15, -0.1) is 11.3 Å². The summed E-state index contributed by atoms with van der Waals surface area (Å²) in [5.41, 5.74) is 0.872. The molecule has 1 aromatic rings. The van der Waals surface area contributed by atoms with E-state index in [4.69, 9.17) is 9.39 Å². The number of morpholine rings is 1. The fraction of sp³-hybridized carbons (Fsp3) is 0.667. The summed E-state index contributed by atoms with van der Waals surface area (Å²) in [5.74, 6) is 0. The van der Waals surface area contributed by atoms with Gasteiger partial charge in [0, 0.05) is 31.1 Å². The fourth-order valence-electron chi connectivity index (χ4n) is 1.92. The summed E-state index contributed by atoms with van der Waals surface area (Å²) in [6, 6.07) is 2.04. The molecule has 0 amide bonds. The first kappa shape index (κ1) is 14.0. The largest absolute Gasteiger partial charge is 0.492 e. The summed E-state index contributed by atoms with van der Waals surface area (Å²) in [6.45, 7) is 7.18. The third-order valence-corrected chi connectivity index (χ3v) is 3.86. The van der Waals surface area contributed by atoms with Crippen LogP contribution in [0.2, 0.25) is 0 Å². The Morgan fingerprint density at radius 1 is 1.50 bits per heavy atom. The van der Waals surface area contributed by atoms with Crippen LogP contribution in [-0.2, 0) is 15.9 Å². The fourth-order valence-corrected chi connectivity index (χ4v) is 2.85. The first-order chi connectivity index (χ1) is 8.79. The average molecular weight is 269 g/mol. The Morgan fingerprint density at radius 2 is 2.28 bits per heavy atom. The number of nitrogens with zero attached hydrogens (tertiary/aromatic N) is 1. The molecule has 1 N–H and O–H groups in total. The molecule has 18 heavy (non-hydrogen) atoms. The molecule has 1 aliphatic heterocycles. The molecule has 2 heterocycles. The van der Waals surface area contributed by atoms with Crippen LogP contribution in [0, 0.1) is 0 Å². The standard InChI is InChI=1S/C12H20BNO3S/c1-2-5-17-13(15)11-8-12(18-10-11)9-14-3-6-16-7-4-14/h8,10,15H,2-7,9H2,1H3. The van der Waals surface area contributed by atoms with Crippen LogP contribution in [0.1, 0.15) is 18.2 Å². The quantitative estimate of drug-likeness (QED) is 0.772. The monoisotopic (exact) mass is 269 g/mol. The van der Waals surface area contributed by atoms with Gasteiger partial charge in [0.25, 0.3) is 0 Å². The molecule has 1 saturated heterocycles. The molecule has 0 aromatic carbocycles. The number of ether oxygens (including phenoxy) is 1. The molecular weight excluding hydrogens is 249 g/mol. The van der Waals surface area contributed by atoms with E-state index in [1.165, 1.54) is 4.88 Å². The van der Waals surface area contributed by atoms with Gasteiger partial charge in [-0.1, -0.05) is 6.92 Å². The van der Waals surface area contributed by atoms with Crippen molar-refractivity contribution < 1.29 is 14.4 Å². The highest BCUT2D eigenvalue weighted by Crippen LogP contribution is 2.12. The van der Waals surface area contributed by atoms with Crippen molar-refractivity contribution in [3.8, 4) is 0 Å². The predicted octanol–water partition coefficient (Wildman–Crippen LogP) is 0.694. The summed E-state index contributed by atoms with van der Waals surface area (Å²) in [6.07, 6.45) is 0.918. The third kappa shape index (κ3) is 4.07. The Hall–Kier alpha value is -0.395. The summed E-state index contributed by atoms with van der Waals surface area (Å²) in [4.78, 5) is 3.64. The Labute approximate surface area is 113 Å². The van der Waals surface area contributed by atoms with Crippen LogP contribution < -0.4 is 5.46 Å². The molecular formula is C12H20BNO3S. The van der Waals surface area contributed by atoms with Crippen molar-refractivity contribution in [1.29, 1.82) is 0 Å². The second-order valence-electron chi connectivity index (χ2n) is 4.46. The Balaban J connectivity index is 1.84. The molecule has 6 heteroatoms. The minimum Gasteiger partial charge on any atom is -0.423 e. The summed E-state index contributed by atoms with van der Waals surface area (Å²) in [7, 11) is -0.778. The van der Waals surface area contributed by atoms with E-state index < -0.39 is 7.12 Å². The zero-order chi connectivity index (χ0) is 12.8. The van der Waals surface area contributed by atoms with E-state index in [0.29, 0.717) is 6.61 Å². The summed E-state index contributed by atoms with van der Waals surface area (Å²) >= 11 is 1.68. The van der Waals surface area contributed by atoms with Crippen LogP contribution in [0.3, 0.4) is 0 Å². The first-order valence-electron chi connectivity index (χ1n) is 6.46. The van der Waals surface area contributed by atoms with E-state index >= 15 is 0 Å². The van der Waals surface area contributed by atoms with Crippen molar-refractivity contribution in [2.75, 3.05) is 32.9 Å². The lowest BCUT2D eigenvalue weighted by molar-refractivity contribution is 0.0346. The maximum atomic E-state index is 9.82. The third-order valence-electron chi connectivity index (χ3n) is 2.92. The second kappa shape index (κ2) is 7.26. The molecule has 4 nitrogen and oxygen atoms in total. The van der Waals surface area contributed by atoms with Crippen molar-refractivity contribution in [3.63, 3.8) is 0 Å². The highest BCUT2D eigenvalue weighted by Gasteiger charge is 2.19. The molecule has 0 spiro atoms. The van der Waals surface area contributed by atoms with Gasteiger partial charge >= 0.3 is 7.12 Å². The second-order valence-corrected chi connectivity index (χ2v) is 5.45. The van der Waals surface area contributed by atoms with Crippen molar-refractivity contribution in [2.24, 2.45) is 0 Å². The Morgan fingerprint density at radius 3 is 3.00 bits per heavy atom. The van der Waals surface area contributed by atoms with E-state index in [2.05, 4.69) is 4.90 Å². The van der Waals surface area contributed by atoms with Crippen LogP contribution in [0.15, 0.2) is 11.4 Å². The summed E-state index contributed by atoms with van der Waals surface area (Å²) < 4.78 is 10.6. The van der Waals surface area contributed by atoms with Crippen molar-refractivity contribution >= 4 is 23.9 Å². The van der Waals surface area contributed by atoms with E-state index in [0.717, 1.165) is 44.7 Å². The zero-order valence-electron chi connectivity index (χ0n) is 10.8. The summed E-state index contributed by atoms with van der Waals surface area (Å²) in [5, 5.41) is 11.8. The van der Waals surface area contributed by atoms with Crippen LogP contribution >= 0.6 is 11.3 Å². The highest BCUT2D eigenvalue weighted by molar-refractivity contribution is 7.11. The lowest BCUT2D eigenvalue weighted by atomic mass is 9.81. The van der Waals surface area contributed by atoms with Crippen LogP contribution in [0.5, 0.6) is 0 Å². The van der Waals surface area contributed by atoms with Crippen molar-refractivity contribution in [2.45, 2.75) is 19.9 Å². The van der Waals surface area contributed by atoms with Gasteiger partial charge in [0.15, 0.2) is 0 Å².